The molecule has 1 amide bonds. The molecule has 0 unspecified atom stereocenters. The molecular formula is C22H16F3N3O3. The van der Waals surface area contributed by atoms with E-state index in [4.69, 9.17) is 9.57 Å². The highest BCUT2D eigenvalue weighted by Gasteiger charge is 2.31. The van der Waals surface area contributed by atoms with E-state index in [1.165, 1.54) is 30.5 Å². The highest BCUT2D eigenvalue weighted by Crippen LogP contribution is 2.22. The Balaban J connectivity index is 1.30. The molecule has 4 rings (SSSR count). The number of hydrogen-bond donors (Lipinski definition) is 1. The summed E-state index contributed by atoms with van der Waals surface area (Å²) in [5, 5.41) is 6.33. The first-order chi connectivity index (χ1) is 15.0. The van der Waals surface area contributed by atoms with E-state index in [1.807, 2.05) is 0 Å². The number of rotatable bonds is 6. The van der Waals surface area contributed by atoms with Crippen LogP contribution in [0, 0.1) is 17.5 Å². The maximum absolute atomic E-state index is 13.9. The Labute approximate surface area is 175 Å². The highest BCUT2D eigenvalue weighted by atomic mass is 19.1. The standard InChI is InChI=1S/C22H16F3N3O3/c23-14-3-1-4-15(9-14)30-20-8-7-13(11-26-20)12-27-22(29)19-10-18(28-31-19)21-16(24)5-2-6-17(21)25/h1-9,11,19H,10,12H2,(H,27,29)/t19-/m1/s1. The van der Waals surface area contributed by atoms with Crippen molar-refractivity contribution in [2.45, 2.75) is 19.1 Å². The van der Waals surface area contributed by atoms with Gasteiger partial charge < -0.3 is 14.9 Å². The van der Waals surface area contributed by atoms with Gasteiger partial charge in [0.15, 0.2) is 0 Å². The van der Waals surface area contributed by atoms with Gasteiger partial charge in [0.2, 0.25) is 12.0 Å². The topological polar surface area (TPSA) is 72.8 Å². The van der Waals surface area contributed by atoms with Gasteiger partial charge >= 0.3 is 0 Å². The van der Waals surface area contributed by atoms with Crippen molar-refractivity contribution in [1.82, 2.24) is 10.3 Å². The van der Waals surface area contributed by atoms with Gasteiger partial charge in [-0.1, -0.05) is 23.4 Å². The third-order valence-electron chi connectivity index (χ3n) is 4.50. The Morgan fingerprint density at radius 2 is 1.87 bits per heavy atom. The molecule has 0 bridgehead atoms. The minimum atomic E-state index is -0.988. The molecule has 3 aromatic rings. The summed E-state index contributed by atoms with van der Waals surface area (Å²) >= 11 is 0. The first kappa shape index (κ1) is 20.4. The number of benzene rings is 2. The Hall–Kier alpha value is -3.88. The molecule has 1 atom stereocenters. The predicted octanol–water partition coefficient (Wildman–Crippen LogP) is 4.10. The summed E-state index contributed by atoms with van der Waals surface area (Å²) in [7, 11) is 0. The molecule has 2 aromatic carbocycles. The van der Waals surface area contributed by atoms with Crippen molar-refractivity contribution in [2.24, 2.45) is 5.16 Å². The number of carbonyl (C=O) groups excluding carboxylic acids is 1. The number of aromatic nitrogens is 1. The summed E-state index contributed by atoms with van der Waals surface area (Å²) < 4.78 is 46.4. The minimum absolute atomic E-state index is 0.0382. The minimum Gasteiger partial charge on any atom is -0.439 e. The van der Waals surface area contributed by atoms with Crippen molar-refractivity contribution in [3.8, 4) is 11.6 Å². The van der Waals surface area contributed by atoms with E-state index < -0.39 is 29.5 Å². The number of oxime groups is 1. The lowest BCUT2D eigenvalue weighted by Gasteiger charge is -2.10. The summed E-state index contributed by atoms with van der Waals surface area (Å²) in [4.78, 5) is 21.5. The summed E-state index contributed by atoms with van der Waals surface area (Å²) in [6, 6.07) is 12.4. The zero-order chi connectivity index (χ0) is 21.8. The number of amides is 1. The van der Waals surface area contributed by atoms with Gasteiger partial charge in [-0.25, -0.2) is 18.2 Å². The number of nitrogens with one attached hydrogen (secondary N) is 1. The van der Waals surface area contributed by atoms with Crippen LogP contribution >= 0.6 is 0 Å². The average molecular weight is 427 g/mol. The predicted molar refractivity (Wildman–Crippen MR) is 105 cm³/mol. The Morgan fingerprint density at radius 3 is 2.58 bits per heavy atom. The molecular weight excluding hydrogens is 411 g/mol. The van der Waals surface area contributed by atoms with E-state index in [0.29, 0.717) is 11.3 Å². The molecule has 6 nitrogen and oxygen atoms in total. The number of hydrogen-bond acceptors (Lipinski definition) is 5. The van der Waals surface area contributed by atoms with Crippen LogP contribution < -0.4 is 10.1 Å². The number of pyridine rings is 1. The van der Waals surface area contributed by atoms with Crippen LogP contribution in [0.15, 0.2) is 65.9 Å². The molecule has 0 fully saturated rings. The van der Waals surface area contributed by atoms with Crippen molar-refractivity contribution >= 4 is 11.6 Å². The van der Waals surface area contributed by atoms with Crippen molar-refractivity contribution in [1.29, 1.82) is 0 Å². The zero-order valence-electron chi connectivity index (χ0n) is 16.0. The lowest BCUT2D eigenvalue weighted by atomic mass is 10.0. The van der Waals surface area contributed by atoms with Gasteiger partial charge in [0.25, 0.3) is 5.91 Å². The molecule has 9 heteroatoms. The van der Waals surface area contributed by atoms with Crippen LogP contribution in [0.25, 0.3) is 0 Å². The molecule has 2 heterocycles. The second-order valence-corrected chi connectivity index (χ2v) is 6.71. The molecule has 158 valence electrons. The summed E-state index contributed by atoms with van der Waals surface area (Å²) in [6.45, 7) is 0.148. The third kappa shape index (κ3) is 4.82. The molecule has 1 aliphatic heterocycles. The number of ether oxygens (including phenoxy) is 1. The van der Waals surface area contributed by atoms with E-state index in [9.17, 15) is 18.0 Å². The number of halogens is 3. The average Bonchev–Trinajstić information content (AvgIpc) is 3.23. The Kier molecular flexibility index (Phi) is 5.83. The summed E-state index contributed by atoms with van der Waals surface area (Å²) in [5.74, 6) is -1.85. The van der Waals surface area contributed by atoms with Gasteiger partial charge in [0, 0.05) is 31.3 Å². The molecule has 0 radical (unpaired) electrons. The SMILES string of the molecule is O=C(NCc1ccc(Oc2cccc(F)c2)nc1)[C@H]1CC(c2c(F)cccc2F)=NO1. The fourth-order valence-corrected chi connectivity index (χ4v) is 2.97. The fraction of sp³-hybridized carbons (Fsp3) is 0.136. The Bertz CT molecular complexity index is 1120. The monoisotopic (exact) mass is 427 g/mol. The maximum Gasteiger partial charge on any atom is 0.264 e. The molecule has 0 saturated carbocycles. The molecule has 0 saturated heterocycles. The number of carbonyl (C=O) groups is 1. The smallest absolute Gasteiger partial charge is 0.264 e. The van der Waals surface area contributed by atoms with Crippen LogP contribution in [0.3, 0.4) is 0 Å². The lowest BCUT2D eigenvalue weighted by molar-refractivity contribution is -0.131. The number of nitrogens with zero attached hydrogens (tertiary/aromatic N) is 2. The first-order valence-electron chi connectivity index (χ1n) is 9.33. The van der Waals surface area contributed by atoms with E-state index >= 15 is 0 Å². The van der Waals surface area contributed by atoms with Crippen LogP contribution in [0.1, 0.15) is 17.5 Å². The van der Waals surface area contributed by atoms with Crippen LogP contribution in [0.5, 0.6) is 11.6 Å². The quantitative estimate of drug-likeness (QED) is 0.643. The van der Waals surface area contributed by atoms with Gasteiger partial charge in [-0.05, 0) is 29.8 Å². The summed E-state index contributed by atoms with van der Waals surface area (Å²) in [6.07, 6.45) is 0.459. The molecule has 31 heavy (non-hydrogen) atoms. The largest absolute Gasteiger partial charge is 0.439 e. The molecule has 0 spiro atoms. The van der Waals surface area contributed by atoms with E-state index in [-0.39, 0.29) is 30.1 Å². The molecule has 1 aliphatic rings. The van der Waals surface area contributed by atoms with Crippen molar-refractivity contribution < 1.29 is 27.5 Å². The van der Waals surface area contributed by atoms with Gasteiger partial charge in [-0.15, -0.1) is 0 Å². The van der Waals surface area contributed by atoms with Gasteiger partial charge in [-0.2, -0.15) is 0 Å². The fourth-order valence-electron chi connectivity index (χ4n) is 2.97. The van der Waals surface area contributed by atoms with Gasteiger partial charge in [0.05, 0.1) is 11.3 Å². The van der Waals surface area contributed by atoms with Crippen molar-refractivity contribution in [2.75, 3.05) is 0 Å². The van der Waals surface area contributed by atoms with Crippen LogP contribution in [-0.2, 0) is 16.2 Å². The van der Waals surface area contributed by atoms with Gasteiger partial charge in [0.1, 0.15) is 23.2 Å². The summed E-state index contributed by atoms with van der Waals surface area (Å²) in [5.41, 5.74) is 0.423. The van der Waals surface area contributed by atoms with Crippen LogP contribution in [0.2, 0.25) is 0 Å². The zero-order valence-corrected chi connectivity index (χ0v) is 16.0. The normalized spacial score (nSPS) is 15.2. The van der Waals surface area contributed by atoms with Crippen molar-refractivity contribution in [3.63, 3.8) is 0 Å². The first-order valence-corrected chi connectivity index (χ1v) is 9.33. The van der Waals surface area contributed by atoms with Gasteiger partial charge in [-0.3, -0.25) is 4.79 Å². The lowest BCUT2D eigenvalue weighted by Crippen LogP contribution is -2.34. The highest BCUT2D eigenvalue weighted by molar-refractivity contribution is 6.04. The second kappa shape index (κ2) is 8.86. The van der Waals surface area contributed by atoms with E-state index in [2.05, 4.69) is 15.5 Å². The molecule has 0 aliphatic carbocycles. The third-order valence-corrected chi connectivity index (χ3v) is 4.50. The molecule has 1 aromatic heterocycles. The molecule has 1 N–H and O–H groups in total. The van der Waals surface area contributed by atoms with E-state index in [1.54, 1.807) is 18.2 Å². The van der Waals surface area contributed by atoms with Crippen LogP contribution in [0.4, 0.5) is 13.2 Å². The second-order valence-electron chi connectivity index (χ2n) is 6.71. The Morgan fingerprint density at radius 1 is 1.10 bits per heavy atom. The van der Waals surface area contributed by atoms with Crippen molar-refractivity contribution in [3.05, 3.63) is 89.4 Å². The maximum atomic E-state index is 13.9. The van der Waals surface area contributed by atoms with Crippen LogP contribution in [-0.4, -0.2) is 22.7 Å². The van der Waals surface area contributed by atoms with E-state index in [0.717, 1.165) is 12.1 Å².